The second kappa shape index (κ2) is 13.2. The molecule has 5 rings (SSSR count). The Kier molecular flexibility index (Phi) is 8.77. The van der Waals surface area contributed by atoms with Crippen molar-refractivity contribution in [2.75, 3.05) is 25.8 Å². The summed E-state index contributed by atoms with van der Waals surface area (Å²) in [5, 5.41) is 6.72. The number of fused-ring (bicyclic) bond motifs is 1. The van der Waals surface area contributed by atoms with E-state index in [9.17, 15) is 14.4 Å². The molecule has 4 aromatic carbocycles. The van der Waals surface area contributed by atoms with Gasteiger partial charge in [0.05, 0.1) is 11.8 Å². The normalized spacial score (nSPS) is 12.1. The van der Waals surface area contributed by atoms with Gasteiger partial charge in [0.1, 0.15) is 11.4 Å². The minimum atomic E-state index is -0.605. The van der Waals surface area contributed by atoms with E-state index in [4.69, 9.17) is 14.2 Å². The number of hydrogen-bond acceptors (Lipinski definition) is 8. The lowest BCUT2D eigenvalue weighted by Gasteiger charge is -2.12. The zero-order valence-electron chi connectivity index (χ0n) is 23.4. The third-order valence-corrected chi connectivity index (χ3v) is 6.33. The van der Waals surface area contributed by atoms with Crippen molar-refractivity contribution in [3.63, 3.8) is 0 Å². The summed E-state index contributed by atoms with van der Waals surface area (Å²) in [6.45, 7) is 0.113. The van der Waals surface area contributed by atoms with Gasteiger partial charge in [-0.2, -0.15) is 5.10 Å². The van der Waals surface area contributed by atoms with Crippen LogP contribution < -0.4 is 29.9 Å². The molecule has 10 nitrogen and oxygen atoms in total. The lowest BCUT2D eigenvalue weighted by atomic mass is 10.1. The molecule has 0 aromatic heterocycles. The van der Waals surface area contributed by atoms with Gasteiger partial charge < -0.3 is 24.4 Å². The Bertz CT molecular complexity index is 1680. The summed E-state index contributed by atoms with van der Waals surface area (Å²) in [7, 11) is 3.87. The molecule has 1 aliphatic heterocycles. The first-order valence-electron chi connectivity index (χ1n) is 13.3. The van der Waals surface area contributed by atoms with Crippen LogP contribution in [0, 0.1) is 0 Å². The Morgan fingerprint density at radius 3 is 2.23 bits per heavy atom. The van der Waals surface area contributed by atoms with Crippen LogP contribution in [0.1, 0.15) is 31.8 Å². The molecule has 0 aliphatic carbocycles. The predicted molar refractivity (Wildman–Crippen MR) is 162 cm³/mol. The first-order chi connectivity index (χ1) is 20.9. The van der Waals surface area contributed by atoms with E-state index < -0.39 is 17.8 Å². The Labute approximate surface area is 248 Å². The number of carbonyl (C=O) groups is 3. The van der Waals surface area contributed by atoms with E-state index in [1.807, 2.05) is 43.3 Å². The number of carbonyl (C=O) groups excluding carboxylic acids is 3. The topological polar surface area (TPSA) is 119 Å². The third kappa shape index (κ3) is 7.44. The van der Waals surface area contributed by atoms with Crippen LogP contribution in [0.3, 0.4) is 0 Å². The van der Waals surface area contributed by atoms with Gasteiger partial charge >= 0.3 is 5.97 Å². The number of amides is 2. The maximum Gasteiger partial charge on any atom is 0.343 e. The van der Waals surface area contributed by atoms with E-state index in [-0.39, 0.29) is 12.5 Å². The molecule has 0 bridgehead atoms. The molecule has 0 saturated heterocycles. The van der Waals surface area contributed by atoms with Gasteiger partial charge in [0.25, 0.3) is 11.8 Å². The van der Waals surface area contributed by atoms with Gasteiger partial charge in [-0.3, -0.25) is 9.59 Å². The fourth-order valence-corrected chi connectivity index (χ4v) is 4.01. The molecule has 0 fully saturated rings. The maximum atomic E-state index is 13.1. The number of nitrogens with one attached hydrogen (secondary N) is 2. The number of nitrogens with zero attached hydrogens (tertiary/aromatic N) is 2. The first kappa shape index (κ1) is 28.6. The highest BCUT2D eigenvalue weighted by Gasteiger charge is 2.18. The SMILES string of the molecule is CN(C)c1ccc(/C=C(\NC(=O)c2ccccc2)C(=O)N/N=C\c2ccc(OC(=O)c3ccc4c(c3)OCO4)cc2)cc1. The van der Waals surface area contributed by atoms with Crippen molar-refractivity contribution in [1.29, 1.82) is 0 Å². The van der Waals surface area contributed by atoms with E-state index in [0.717, 1.165) is 11.3 Å². The Hall–Kier alpha value is -5.90. The van der Waals surface area contributed by atoms with Gasteiger partial charge in [0.15, 0.2) is 11.5 Å². The third-order valence-electron chi connectivity index (χ3n) is 6.33. The zero-order valence-corrected chi connectivity index (χ0v) is 23.4. The van der Waals surface area contributed by atoms with Crippen LogP contribution in [-0.2, 0) is 4.79 Å². The summed E-state index contributed by atoms with van der Waals surface area (Å²) in [6, 6.07) is 27.5. The zero-order chi connectivity index (χ0) is 30.2. The van der Waals surface area contributed by atoms with Crippen molar-refractivity contribution >= 4 is 35.8 Å². The number of anilines is 1. The molecule has 43 heavy (non-hydrogen) atoms. The summed E-state index contributed by atoms with van der Waals surface area (Å²) in [5.74, 6) is -0.179. The molecule has 216 valence electrons. The summed E-state index contributed by atoms with van der Waals surface area (Å²) in [4.78, 5) is 40.4. The second-order valence-electron chi connectivity index (χ2n) is 9.59. The minimum absolute atomic E-state index is 0.0226. The van der Waals surface area contributed by atoms with Gasteiger partial charge in [-0.05, 0) is 83.9 Å². The molecule has 0 saturated carbocycles. The molecule has 0 atom stereocenters. The van der Waals surface area contributed by atoms with Crippen LogP contribution in [0.25, 0.3) is 6.08 Å². The molecular weight excluding hydrogens is 548 g/mol. The molecule has 0 spiro atoms. The van der Waals surface area contributed by atoms with Crippen molar-refractivity contribution in [2.24, 2.45) is 5.10 Å². The lowest BCUT2D eigenvalue weighted by Crippen LogP contribution is -2.32. The summed E-state index contributed by atoms with van der Waals surface area (Å²) in [5.41, 5.74) is 5.58. The van der Waals surface area contributed by atoms with E-state index in [1.54, 1.807) is 78.9 Å². The van der Waals surface area contributed by atoms with Gasteiger partial charge in [0, 0.05) is 25.3 Å². The van der Waals surface area contributed by atoms with Crippen LogP contribution in [0.4, 0.5) is 5.69 Å². The maximum absolute atomic E-state index is 13.1. The summed E-state index contributed by atoms with van der Waals surface area (Å²) < 4.78 is 16.0. The fourth-order valence-electron chi connectivity index (χ4n) is 4.01. The lowest BCUT2D eigenvalue weighted by molar-refractivity contribution is -0.117. The van der Waals surface area contributed by atoms with Crippen LogP contribution in [-0.4, -0.2) is 44.9 Å². The Morgan fingerprint density at radius 1 is 0.814 bits per heavy atom. The van der Waals surface area contributed by atoms with E-state index in [1.165, 1.54) is 6.21 Å². The molecule has 2 N–H and O–H groups in total. The van der Waals surface area contributed by atoms with Crippen LogP contribution >= 0.6 is 0 Å². The van der Waals surface area contributed by atoms with Crippen molar-refractivity contribution in [2.45, 2.75) is 0 Å². The molecule has 1 heterocycles. The highest BCUT2D eigenvalue weighted by atomic mass is 16.7. The number of benzene rings is 4. The first-order valence-corrected chi connectivity index (χ1v) is 13.3. The molecular formula is C33H28N4O6. The number of esters is 1. The van der Waals surface area contributed by atoms with Gasteiger partial charge in [0.2, 0.25) is 6.79 Å². The monoisotopic (exact) mass is 576 g/mol. The van der Waals surface area contributed by atoms with Crippen molar-refractivity contribution < 1.29 is 28.6 Å². The van der Waals surface area contributed by atoms with E-state index in [2.05, 4.69) is 15.8 Å². The molecule has 4 aromatic rings. The van der Waals surface area contributed by atoms with Crippen LogP contribution in [0.2, 0.25) is 0 Å². The van der Waals surface area contributed by atoms with E-state index >= 15 is 0 Å². The Morgan fingerprint density at radius 2 is 1.51 bits per heavy atom. The minimum Gasteiger partial charge on any atom is -0.454 e. The Balaban J connectivity index is 1.23. The molecule has 10 heteroatoms. The summed E-state index contributed by atoms with van der Waals surface area (Å²) >= 11 is 0. The second-order valence-corrected chi connectivity index (χ2v) is 9.59. The fraction of sp³-hybridized carbons (Fsp3) is 0.0909. The molecule has 0 radical (unpaired) electrons. The van der Waals surface area contributed by atoms with Crippen molar-refractivity contribution in [3.8, 4) is 17.2 Å². The van der Waals surface area contributed by atoms with Crippen LogP contribution in [0.5, 0.6) is 17.2 Å². The summed E-state index contributed by atoms with van der Waals surface area (Å²) in [6.07, 6.45) is 3.01. The largest absolute Gasteiger partial charge is 0.454 e. The average Bonchev–Trinajstić information content (AvgIpc) is 3.50. The van der Waals surface area contributed by atoms with Gasteiger partial charge in [-0.25, -0.2) is 10.2 Å². The number of hydrogen-bond donors (Lipinski definition) is 2. The standard InChI is InChI=1S/C33H28N4O6/c1-37(2)26-13-8-22(9-14-26)18-28(35-31(38)24-6-4-3-5-7-24)32(39)36-34-20-23-10-15-27(16-11-23)43-33(40)25-12-17-29-30(19-25)42-21-41-29/h3-20H,21H2,1-2H3,(H,35,38)(H,36,39)/b28-18-,34-20-. The van der Waals surface area contributed by atoms with Crippen LogP contribution in [0.15, 0.2) is 108 Å². The van der Waals surface area contributed by atoms with E-state index in [0.29, 0.717) is 33.9 Å². The number of rotatable bonds is 9. The van der Waals surface area contributed by atoms with Crippen molar-refractivity contribution in [3.05, 3.63) is 125 Å². The highest BCUT2D eigenvalue weighted by molar-refractivity contribution is 6.05. The van der Waals surface area contributed by atoms with Gasteiger partial charge in [-0.15, -0.1) is 0 Å². The van der Waals surface area contributed by atoms with Crippen molar-refractivity contribution in [1.82, 2.24) is 10.7 Å². The smallest absolute Gasteiger partial charge is 0.343 e. The number of ether oxygens (including phenoxy) is 3. The van der Waals surface area contributed by atoms with Gasteiger partial charge in [-0.1, -0.05) is 30.3 Å². The highest BCUT2D eigenvalue weighted by Crippen LogP contribution is 2.32. The molecule has 2 amide bonds. The quantitative estimate of drug-likeness (QED) is 0.0981. The average molecular weight is 577 g/mol. The number of hydrazone groups is 1. The predicted octanol–water partition coefficient (Wildman–Crippen LogP) is 4.62. The molecule has 1 aliphatic rings. The molecule has 0 unspecified atom stereocenters.